The van der Waals surface area contributed by atoms with E-state index in [2.05, 4.69) is 11.7 Å². The van der Waals surface area contributed by atoms with E-state index in [0.717, 1.165) is 12.8 Å². The molecule has 0 rings (SSSR count). The molecule has 0 heterocycles. The van der Waals surface area contributed by atoms with Crippen molar-refractivity contribution in [2.75, 3.05) is 0 Å². The van der Waals surface area contributed by atoms with Crippen LogP contribution in [0.4, 0.5) is 0 Å². The van der Waals surface area contributed by atoms with Crippen molar-refractivity contribution in [2.24, 2.45) is 0 Å². The summed E-state index contributed by atoms with van der Waals surface area (Å²) in [7, 11) is 0. The molecule has 0 aromatic rings. The van der Waals surface area contributed by atoms with Crippen molar-refractivity contribution in [3.8, 4) is 0 Å². The van der Waals surface area contributed by atoms with E-state index >= 15 is 0 Å². The van der Waals surface area contributed by atoms with Gasteiger partial charge in [-0.3, -0.25) is 0 Å². The van der Waals surface area contributed by atoms with Crippen molar-refractivity contribution >= 4 is 6.47 Å². The lowest BCUT2D eigenvalue weighted by Crippen LogP contribution is -2.05. The number of ether oxygens (including phenoxy) is 1. The van der Waals surface area contributed by atoms with Crippen molar-refractivity contribution in [2.45, 2.75) is 52.1 Å². The van der Waals surface area contributed by atoms with Gasteiger partial charge in [0.05, 0.1) is 6.10 Å². The third kappa shape index (κ3) is 7.37. The predicted octanol–water partition coefficient (Wildman–Crippen LogP) is 2.43. The lowest BCUT2D eigenvalue weighted by Gasteiger charge is -2.06. The summed E-state index contributed by atoms with van der Waals surface area (Å²) in [5.41, 5.74) is 0. The minimum absolute atomic E-state index is 0.0457. The highest BCUT2D eigenvalue weighted by molar-refractivity contribution is 5.38. The van der Waals surface area contributed by atoms with Crippen molar-refractivity contribution < 1.29 is 9.53 Å². The van der Waals surface area contributed by atoms with Crippen molar-refractivity contribution in [3.05, 3.63) is 0 Å². The minimum atomic E-state index is 0.0457. The van der Waals surface area contributed by atoms with Crippen molar-refractivity contribution in [1.82, 2.24) is 0 Å². The van der Waals surface area contributed by atoms with Gasteiger partial charge in [-0.1, -0.05) is 26.2 Å². The summed E-state index contributed by atoms with van der Waals surface area (Å²) in [6, 6.07) is 0. The van der Waals surface area contributed by atoms with Gasteiger partial charge in [0.15, 0.2) is 0 Å². The highest BCUT2D eigenvalue weighted by atomic mass is 16.5. The minimum Gasteiger partial charge on any atom is -0.454 e. The van der Waals surface area contributed by atoms with Crippen LogP contribution in [0.5, 0.6) is 0 Å². The molecule has 2 nitrogen and oxygen atoms in total. The first-order chi connectivity index (χ1) is 5.31. The molecule has 0 amide bonds. The quantitative estimate of drug-likeness (QED) is 0.530. The van der Waals surface area contributed by atoms with E-state index in [-0.39, 0.29) is 6.10 Å². The average molecular weight is 157 g/mol. The Kier molecular flexibility index (Phi) is 7.21. The lowest BCUT2D eigenvalue weighted by atomic mass is 10.1. The fraction of sp³-hybridized carbons (Fsp3) is 0.889. The molecule has 0 aliphatic carbocycles. The van der Waals surface area contributed by atoms with Gasteiger partial charge in [0.2, 0.25) is 0 Å². The Labute approximate surface area is 68.9 Å². The molecule has 2 heteroatoms. The van der Waals surface area contributed by atoms with Crippen LogP contribution >= 0.6 is 0 Å². The van der Waals surface area contributed by atoms with Crippen LogP contribution in [0.15, 0.2) is 0 Å². The monoisotopic (exact) mass is 157 g/mol. The molecule has 1 atom stereocenters. The molecule has 1 radical (unpaired) electrons. The average Bonchev–Trinajstić information content (AvgIpc) is 1.99. The van der Waals surface area contributed by atoms with E-state index in [4.69, 9.17) is 0 Å². The van der Waals surface area contributed by atoms with Crippen LogP contribution in [0.25, 0.3) is 0 Å². The molecule has 0 bridgehead atoms. The third-order valence-corrected chi connectivity index (χ3v) is 1.71. The summed E-state index contributed by atoms with van der Waals surface area (Å²) < 4.78 is 4.62. The summed E-state index contributed by atoms with van der Waals surface area (Å²) >= 11 is 0. The molecule has 0 fully saturated rings. The first-order valence-electron chi connectivity index (χ1n) is 4.34. The van der Waals surface area contributed by atoms with Gasteiger partial charge in [-0.15, -0.1) is 0 Å². The van der Waals surface area contributed by atoms with Crippen LogP contribution < -0.4 is 0 Å². The number of carbonyl (C=O) groups excluding carboxylic acids is 1. The standard InChI is InChI=1S/C9H17O2/c1-3-4-5-6-7-9(2)11-8-10/h9H,3-7H2,1-2H3/t9-/m0/s1. The molecule has 0 aromatic heterocycles. The largest absolute Gasteiger partial charge is 0.454 e. The highest BCUT2D eigenvalue weighted by Crippen LogP contribution is 2.06. The van der Waals surface area contributed by atoms with Crippen molar-refractivity contribution in [3.63, 3.8) is 0 Å². The van der Waals surface area contributed by atoms with E-state index in [1.807, 2.05) is 6.92 Å². The number of rotatable bonds is 7. The molecule has 0 aromatic carbocycles. The molecule has 11 heavy (non-hydrogen) atoms. The van der Waals surface area contributed by atoms with Gasteiger partial charge < -0.3 is 4.74 Å². The van der Waals surface area contributed by atoms with Crippen molar-refractivity contribution in [1.29, 1.82) is 0 Å². The second-order valence-corrected chi connectivity index (χ2v) is 2.86. The van der Waals surface area contributed by atoms with Crippen LogP contribution in [-0.2, 0) is 9.53 Å². The van der Waals surface area contributed by atoms with E-state index in [0.29, 0.717) is 0 Å². The van der Waals surface area contributed by atoms with Gasteiger partial charge >= 0.3 is 6.47 Å². The van der Waals surface area contributed by atoms with Crippen LogP contribution in [0.1, 0.15) is 46.0 Å². The normalized spacial score (nSPS) is 12.5. The molecule has 0 aliphatic heterocycles. The van der Waals surface area contributed by atoms with Gasteiger partial charge in [-0.2, -0.15) is 0 Å². The van der Waals surface area contributed by atoms with Crippen LogP contribution in [0, 0.1) is 0 Å². The Balaban J connectivity index is 3.03. The zero-order valence-corrected chi connectivity index (χ0v) is 7.43. The fourth-order valence-corrected chi connectivity index (χ4v) is 1.000. The SMILES string of the molecule is CCCCCC[C@H](C)O[C]=O. The van der Waals surface area contributed by atoms with E-state index in [1.54, 1.807) is 0 Å². The van der Waals surface area contributed by atoms with E-state index in [1.165, 1.54) is 25.7 Å². The third-order valence-electron chi connectivity index (χ3n) is 1.71. The fourth-order valence-electron chi connectivity index (χ4n) is 1.000. The van der Waals surface area contributed by atoms with Crippen LogP contribution in [0.3, 0.4) is 0 Å². The number of hydrogen-bond donors (Lipinski definition) is 0. The topological polar surface area (TPSA) is 26.3 Å². The maximum atomic E-state index is 9.76. The lowest BCUT2D eigenvalue weighted by molar-refractivity contribution is 0.181. The van der Waals surface area contributed by atoms with Crippen LogP contribution in [0.2, 0.25) is 0 Å². The highest BCUT2D eigenvalue weighted by Gasteiger charge is 2.00. The Morgan fingerprint density at radius 3 is 2.64 bits per heavy atom. The molecular weight excluding hydrogens is 140 g/mol. The number of hydrogen-bond acceptors (Lipinski definition) is 2. The Hall–Kier alpha value is -0.530. The molecule has 65 valence electrons. The smallest absolute Gasteiger partial charge is 0.417 e. The maximum Gasteiger partial charge on any atom is 0.417 e. The summed E-state index contributed by atoms with van der Waals surface area (Å²) in [6.07, 6.45) is 5.92. The summed E-state index contributed by atoms with van der Waals surface area (Å²) in [4.78, 5) is 9.76. The molecular formula is C9H17O2. The second-order valence-electron chi connectivity index (χ2n) is 2.86. The summed E-state index contributed by atoms with van der Waals surface area (Å²) in [5, 5.41) is 0. The van der Waals surface area contributed by atoms with Gasteiger partial charge in [-0.05, 0) is 19.8 Å². The first-order valence-corrected chi connectivity index (χ1v) is 4.34. The molecule has 0 spiro atoms. The molecule has 0 N–H and O–H groups in total. The van der Waals surface area contributed by atoms with Gasteiger partial charge in [0.25, 0.3) is 0 Å². The zero-order chi connectivity index (χ0) is 8.53. The van der Waals surface area contributed by atoms with Gasteiger partial charge in [0, 0.05) is 0 Å². The molecule has 0 saturated carbocycles. The van der Waals surface area contributed by atoms with Gasteiger partial charge in [0.1, 0.15) is 0 Å². The van der Waals surface area contributed by atoms with E-state index in [9.17, 15) is 4.79 Å². The van der Waals surface area contributed by atoms with E-state index < -0.39 is 0 Å². The molecule has 0 saturated heterocycles. The Bertz CT molecular complexity index is 91.6. The molecule has 0 unspecified atom stereocenters. The number of unbranched alkanes of at least 4 members (excludes halogenated alkanes) is 3. The molecule has 0 aliphatic rings. The van der Waals surface area contributed by atoms with Gasteiger partial charge in [-0.25, -0.2) is 4.79 Å². The van der Waals surface area contributed by atoms with Crippen LogP contribution in [-0.4, -0.2) is 12.6 Å². The Morgan fingerprint density at radius 2 is 2.09 bits per heavy atom. The zero-order valence-electron chi connectivity index (χ0n) is 7.43. The Morgan fingerprint density at radius 1 is 1.36 bits per heavy atom. The summed E-state index contributed by atoms with van der Waals surface area (Å²) in [5.74, 6) is 0. The first kappa shape index (κ1) is 10.5. The second kappa shape index (κ2) is 7.58. The maximum absolute atomic E-state index is 9.76. The predicted molar refractivity (Wildman–Crippen MR) is 45.0 cm³/mol. The summed E-state index contributed by atoms with van der Waals surface area (Å²) in [6.45, 7) is 5.54.